The Morgan fingerprint density at radius 2 is 1.81 bits per heavy atom. The van der Waals surface area contributed by atoms with E-state index in [2.05, 4.69) is 10.6 Å². The van der Waals surface area contributed by atoms with Crippen LogP contribution < -0.4 is 0 Å². The van der Waals surface area contributed by atoms with Crippen LogP contribution in [0.1, 0.15) is 17.0 Å². The molecule has 0 unspecified atom stereocenters. The van der Waals surface area contributed by atoms with Crippen molar-refractivity contribution < 1.29 is 0 Å². The standard InChI is InChI=1S/C13H11ClN2/c1-9-7-13(14)10(2)16(9)12-5-3-11(8-15)4-6-12/h3-7H,1-2H3. The maximum Gasteiger partial charge on any atom is 0.0991 e. The number of hydrogen-bond acceptors (Lipinski definition) is 1. The molecule has 0 fully saturated rings. The van der Waals surface area contributed by atoms with E-state index in [4.69, 9.17) is 16.9 Å². The monoisotopic (exact) mass is 230 g/mol. The lowest BCUT2D eigenvalue weighted by molar-refractivity contribution is 0.966. The first-order valence-corrected chi connectivity index (χ1v) is 5.36. The van der Waals surface area contributed by atoms with Gasteiger partial charge in [0.25, 0.3) is 0 Å². The third-order valence-corrected chi connectivity index (χ3v) is 3.01. The van der Waals surface area contributed by atoms with Gasteiger partial charge in [-0.15, -0.1) is 0 Å². The molecule has 3 heteroatoms. The van der Waals surface area contributed by atoms with Crippen LogP contribution in [0.2, 0.25) is 5.02 Å². The molecule has 0 radical (unpaired) electrons. The summed E-state index contributed by atoms with van der Waals surface area (Å²) in [5.41, 5.74) is 3.80. The number of aromatic nitrogens is 1. The van der Waals surface area contributed by atoms with E-state index in [9.17, 15) is 0 Å². The van der Waals surface area contributed by atoms with Gasteiger partial charge >= 0.3 is 0 Å². The summed E-state index contributed by atoms with van der Waals surface area (Å²) < 4.78 is 2.07. The van der Waals surface area contributed by atoms with Gasteiger partial charge in [0.1, 0.15) is 0 Å². The quantitative estimate of drug-likeness (QED) is 0.736. The Balaban J connectivity index is 2.55. The molecule has 2 rings (SSSR count). The summed E-state index contributed by atoms with van der Waals surface area (Å²) in [6.45, 7) is 3.99. The number of nitriles is 1. The van der Waals surface area contributed by atoms with Crippen molar-refractivity contribution in [2.24, 2.45) is 0 Å². The molecular weight excluding hydrogens is 220 g/mol. The zero-order valence-corrected chi connectivity index (χ0v) is 9.92. The molecule has 0 aliphatic rings. The molecule has 1 aromatic carbocycles. The summed E-state index contributed by atoms with van der Waals surface area (Å²) in [6, 6.07) is 11.5. The number of nitrogens with zero attached hydrogens (tertiary/aromatic N) is 2. The summed E-state index contributed by atoms with van der Waals surface area (Å²) in [4.78, 5) is 0. The van der Waals surface area contributed by atoms with Crippen LogP contribution in [-0.2, 0) is 0 Å². The number of benzene rings is 1. The van der Waals surface area contributed by atoms with Gasteiger partial charge in [0.2, 0.25) is 0 Å². The summed E-state index contributed by atoms with van der Waals surface area (Å²) in [5.74, 6) is 0. The number of hydrogen-bond donors (Lipinski definition) is 0. The van der Waals surface area contributed by atoms with Gasteiger partial charge < -0.3 is 4.57 Å². The van der Waals surface area contributed by atoms with Gasteiger partial charge in [-0.3, -0.25) is 0 Å². The summed E-state index contributed by atoms with van der Waals surface area (Å²) >= 11 is 6.07. The molecule has 80 valence electrons. The minimum Gasteiger partial charge on any atom is -0.317 e. The molecule has 0 saturated carbocycles. The van der Waals surface area contributed by atoms with Crippen LogP contribution >= 0.6 is 11.6 Å². The Morgan fingerprint density at radius 3 is 2.25 bits per heavy atom. The van der Waals surface area contributed by atoms with Crippen molar-refractivity contribution in [2.75, 3.05) is 0 Å². The van der Waals surface area contributed by atoms with E-state index in [1.807, 2.05) is 44.2 Å². The van der Waals surface area contributed by atoms with Gasteiger partial charge in [0.15, 0.2) is 0 Å². The van der Waals surface area contributed by atoms with Crippen LogP contribution in [0.15, 0.2) is 30.3 Å². The lowest BCUT2D eigenvalue weighted by atomic mass is 10.2. The van der Waals surface area contributed by atoms with E-state index in [1.165, 1.54) is 0 Å². The van der Waals surface area contributed by atoms with Gasteiger partial charge in [-0.25, -0.2) is 0 Å². The number of halogens is 1. The highest BCUT2D eigenvalue weighted by Gasteiger charge is 2.08. The maximum atomic E-state index is 8.73. The van der Waals surface area contributed by atoms with Crippen LogP contribution in [0.25, 0.3) is 5.69 Å². The van der Waals surface area contributed by atoms with Gasteiger partial charge in [0, 0.05) is 17.1 Å². The van der Waals surface area contributed by atoms with Crippen molar-refractivity contribution in [3.05, 3.63) is 52.3 Å². The predicted octanol–water partition coefficient (Wildman–Crippen LogP) is 3.62. The smallest absolute Gasteiger partial charge is 0.0991 e. The molecule has 0 aliphatic carbocycles. The first kappa shape index (κ1) is 10.8. The molecule has 0 saturated heterocycles. The average molecular weight is 231 g/mol. The lowest BCUT2D eigenvalue weighted by Crippen LogP contribution is -1.98. The maximum absolute atomic E-state index is 8.73. The van der Waals surface area contributed by atoms with Gasteiger partial charge in [0.05, 0.1) is 16.7 Å². The first-order chi connectivity index (χ1) is 7.63. The van der Waals surface area contributed by atoms with Gasteiger partial charge in [-0.05, 0) is 44.2 Å². The zero-order chi connectivity index (χ0) is 11.7. The van der Waals surface area contributed by atoms with Crippen molar-refractivity contribution in [1.82, 2.24) is 4.57 Å². The molecule has 0 bridgehead atoms. The fourth-order valence-corrected chi connectivity index (χ4v) is 2.05. The highest BCUT2D eigenvalue weighted by molar-refractivity contribution is 6.31. The van der Waals surface area contributed by atoms with E-state index in [0.29, 0.717) is 5.56 Å². The molecule has 0 spiro atoms. The fourth-order valence-electron chi connectivity index (χ4n) is 1.81. The third-order valence-electron chi connectivity index (χ3n) is 2.62. The number of rotatable bonds is 1. The molecule has 2 nitrogen and oxygen atoms in total. The summed E-state index contributed by atoms with van der Waals surface area (Å²) in [7, 11) is 0. The molecule has 1 heterocycles. The highest BCUT2D eigenvalue weighted by atomic mass is 35.5. The van der Waals surface area contributed by atoms with Crippen LogP contribution in [0.3, 0.4) is 0 Å². The van der Waals surface area contributed by atoms with Crippen molar-refractivity contribution in [3.8, 4) is 11.8 Å². The topological polar surface area (TPSA) is 28.7 Å². The van der Waals surface area contributed by atoms with Crippen LogP contribution in [0, 0.1) is 25.2 Å². The second kappa shape index (κ2) is 4.03. The molecular formula is C13H11ClN2. The second-order valence-electron chi connectivity index (χ2n) is 3.71. The lowest BCUT2D eigenvalue weighted by Gasteiger charge is -2.09. The van der Waals surface area contributed by atoms with Crippen molar-refractivity contribution in [3.63, 3.8) is 0 Å². The predicted molar refractivity (Wildman–Crippen MR) is 65.0 cm³/mol. The Kier molecular flexibility index (Phi) is 2.72. The third kappa shape index (κ3) is 1.70. The largest absolute Gasteiger partial charge is 0.317 e. The van der Waals surface area contributed by atoms with E-state index in [-0.39, 0.29) is 0 Å². The van der Waals surface area contributed by atoms with E-state index < -0.39 is 0 Å². The van der Waals surface area contributed by atoms with Crippen LogP contribution in [0.4, 0.5) is 0 Å². The van der Waals surface area contributed by atoms with Gasteiger partial charge in [-0.1, -0.05) is 11.6 Å². The van der Waals surface area contributed by atoms with Crippen molar-refractivity contribution in [1.29, 1.82) is 5.26 Å². The Bertz CT molecular complexity index is 559. The first-order valence-electron chi connectivity index (χ1n) is 4.98. The SMILES string of the molecule is Cc1cc(Cl)c(C)n1-c1ccc(C#N)cc1. The van der Waals surface area contributed by atoms with Crippen molar-refractivity contribution in [2.45, 2.75) is 13.8 Å². The molecule has 0 N–H and O–H groups in total. The Hall–Kier alpha value is -1.72. The fraction of sp³-hybridized carbons (Fsp3) is 0.154. The molecule has 2 aromatic rings. The molecule has 1 aromatic heterocycles. The molecule has 16 heavy (non-hydrogen) atoms. The normalized spacial score (nSPS) is 10.1. The highest BCUT2D eigenvalue weighted by Crippen LogP contribution is 2.24. The van der Waals surface area contributed by atoms with Crippen LogP contribution in [-0.4, -0.2) is 4.57 Å². The average Bonchev–Trinajstić information content (AvgIpc) is 2.54. The van der Waals surface area contributed by atoms with Crippen molar-refractivity contribution >= 4 is 11.6 Å². The summed E-state index contributed by atoms with van der Waals surface area (Å²) in [6.07, 6.45) is 0. The van der Waals surface area contributed by atoms with E-state index in [1.54, 1.807) is 0 Å². The Labute approximate surface area is 99.7 Å². The second-order valence-corrected chi connectivity index (χ2v) is 4.12. The molecule has 0 amide bonds. The molecule has 0 atom stereocenters. The Morgan fingerprint density at radius 1 is 1.19 bits per heavy atom. The summed E-state index contributed by atoms with van der Waals surface area (Å²) in [5, 5.41) is 9.50. The zero-order valence-electron chi connectivity index (χ0n) is 9.16. The van der Waals surface area contributed by atoms with E-state index in [0.717, 1.165) is 22.1 Å². The molecule has 0 aliphatic heterocycles. The number of aryl methyl sites for hydroxylation is 1. The minimum absolute atomic E-state index is 0.664. The van der Waals surface area contributed by atoms with E-state index >= 15 is 0 Å². The van der Waals surface area contributed by atoms with Crippen LogP contribution in [0.5, 0.6) is 0 Å². The van der Waals surface area contributed by atoms with Gasteiger partial charge in [-0.2, -0.15) is 5.26 Å². The minimum atomic E-state index is 0.664.